The molecule has 1 aromatic carbocycles. The number of anilines is 1. The van der Waals surface area contributed by atoms with Crippen LogP contribution in [0.15, 0.2) is 41.8 Å². The molecule has 1 N–H and O–H groups in total. The number of alkyl halides is 3. The minimum absolute atomic E-state index is 0.0229. The van der Waals surface area contributed by atoms with Gasteiger partial charge in [0.1, 0.15) is 5.75 Å². The Morgan fingerprint density at radius 2 is 1.81 bits per heavy atom. The molecule has 2 aromatic rings. The molecule has 31 heavy (non-hydrogen) atoms. The molecule has 1 aliphatic heterocycles. The fourth-order valence-corrected chi connectivity index (χ4v) is 4.60. The predicted octanol–water partition coefficient (Wildman–Crippen LogP) is 3.40. The van der Waals surface area contributed by atoms with Crippen molar-refractivity contribution < 1.29 is 31.1 Å². The van der Waals surface area contributed by atoms with Gasteiger partial charge in [-0.15, -0.1) is 13.2 Å². The fourth-order valence-electron chi connectivity index (χ4n) is 3.21. The second-order valence-corrected chi connectivity index (χ2v) is 9.38. The van der Waals surface area contributed by atoms with Gasteiger partial charge in [0.2, 0.25) is 5.91 Å². The standard InChI is InChI=1S/C19H23F3N4O4S/c1-13(2)25-11-17(23-12-25)31(28,29)26-9-7-14(8-10-26)18(27)24-15-3-5-16(6-4-15)30-19(20,21)22/h3-6,11-14H,7-10H2,1-2H3,(H,24,27). The molecule has 0 spiro atoms. The molecule has 1 aromatic heterocycles. The van der Waals surface area contributed by atoms with Gasteiger partial charge in [0.05, 0.1) is 6.33 Å². The molecule has 0 bridgehead atoms. The van der Waals surface area contributed by atoms with Crippen LogP contribution in [0.3, 0.4) is 0 Å². The van der Waals surface area contributed by atoms with E-state index in [1.807, 2.05) is 13.8 Å². The lowest BCUT2D eigenvalue weighted by molar-refractivity contribution is -0.274. The molecule has 3 rings (SSSR count). The summed E-state index contributed by atoms with van der Waals surface area (Å²) in [6, 6.07) is 4.91. The van der Waals surface area contributed by atoms with Crippen molar-refractivity contribution in [2.45, 2.75) is 44.1 Å². The number of sulfonamides is 1. The maximum atomic E-state index is 12.8. The minimum atomic E-state index is -4.79. The van der Waals surface area contributed by atoms with Crippen molar-refractivity contribution in [3.05, 3.63) is 36.8 Å². The molecule has 0 saturated carbocycles. The Hall–Kier alpha value is -2.60. The average Bonchev–Trinajstić information content (AvgIpc) is 3.20. The number of imidazole rings is 1. The van der Waals surface area contributed by atoms with Gasteiger partial charge in [0.15, 0.2) is 5.03 Å². The van der Waals surface area contributed by atoms with Gasteiger partial charge in [0, 0.05) is 36.9 Å². The summed E-state index contributed by atoms with van der Waals surface area (Å²) in [5.74, 6) is -1.11. The number of nitrogens with one attached hydrogen (secondary N) is 1. The average molecular weight is 460 g/mol. The van der Waals surface area contributed by atoms with E-state index in [9.17, 15) is 26.4 Å². The molecule has 1 aliphatic rings. The quantitative estimate of drug-likeness (QED) is 0.713. The van der Waals surface area contributed by atoms with Crippen molar-refractivity contribution in [1.82, 2.24) is 13.9 Å². The largest absolute Gasteiger partial charge is 0.573 e. The highest BCUT2D eigenvalue weighted by molar-refractivity contribution is 7.89. The molecular weight excluding hydrogens is 437 g/mol. The highest BCUT2D eigenvalue weighted by Gasteiger charge is 2.34. The molecule has 2 heterocycles. The van der Waals surface area contributed by atoms with Crippen molar-refractivity contribution in [1.29, 1.82) is 0 Å². The molecule has 1 saturated heterocycles. The van der Waals surface area contributed by atoms with Gasteiger partial charge in [-0.1, -0.05) is 0 Å². The lowest BCUT2D eigenvalue weighted by Gasteiger charge is -2.30. The molecule has 1 fully saturated rings. The Kier molecular flexibility index (Phi) is 6.60. The molecule has 0 atom stereocenters. The number of halogens is 3. The SMILES string of the molecule is CC(C)n1cnc(S(=O)(=O)N2CCC(C(=O)Nc3ccc(OC(F)(F)F)cc3)CC2)c1. The summed E-state index contributed by atoms with van der Waals surface area (Å²) in [7, 11) is -3.74. The molecule has 0 unspecified atom stereocenters. The summed E-state index contributed by atoms with van der Waals surface area (Å²) in [4.78, 5) is 16.5. The van der Waals surface area contributed by atoms with Crippen LogP contribution in [0.2, 0.25) is 0 Å². The summed E-state index contributed by atoms with van der Waals surface area (Å²) in [5.41, 5.74) is 0.328. The van der Waals surface area contributed by atoms with E-state index in [2.05, 4.69) is 15.0 Å². The van der Waals surface area contributed by atoms with Crippen molar-refractivity contribution in [3.8, 4) is 5.75 Å². The van der Waals surface area contributed by atoms with Gasteiger partial charge >= 0.3 is 6.36 Å². The molecule has 1 amide bonds. The van der Waals surface area contributed by atoms with Crippen molar-refractivity contribution >= 4 is 21.6 Å². The smallest absolute Gasteiger partial charge is 0.406 e. The highest BCUT2D eigenvalue weighted by Crippen LogP contribution is 2.26. The molecule has 0 radical (unpaired) electrons. The first kappa shape index (κ1) is 23.1. The maximum Gasteiger partial charge on any atom is 0.573 e. The first-order valence-electron chi connectivity index (χ1n) is 9.66. The molecule has 12 heteroatoms. The summed E-state index contributed by atoms with van der Waals surface area (Å²) >= 11 is 0. The van der Waals surface area contributed by atoms with E-state index in [1.165, 1.54) is 29.0 Å². The number of carbonyl (C=O) groups is 1. The highest BCUT2D eigenvalue weighted by atomic mass is 32.2. The van der Waals surface area contributed by atoms with E-state index in [1.54, 1.807) is 4.57 Å². The molecule has 170 valence electrons. The number of benzene rings is 1. The van der Waals surface area contributed by atoms with E-state index in [-0.39, 0.29) is 35.8 Å². The number of rotatable bonds is 6. The van der Waals surface area contributed by atoms with Crippen molar-refractivity contribution in [3.63, 3.8) is 0 Å². The van der Waals surface area contributed by atoms with Crippen LogP contribution in [0.1, 0.15) is 32.7 Å². The minimum Gasteiger partial charge on any atom is -0.406 e. The predicted molar refractivity (Wildman–Crippen MR) is 106 cm³/mol. The number of aromatic nitrogens is 2. The van der Waals surface area contributed by atoms with Gasteiger partial charge in [-0.2, -0.15) is 4.31 Å². The fraction of sp³-hybridized carbons (Fsp3) is 0.474. The van der Waals surface area contributed by atoms with Crippen LogP contribution in [0, 0.1) is 5.92 Å². The Morgan fingerprint density at radius 3 is 2.32 bits per heavy atom. The number of ether oxygens (including phenoxy) is 1. The maximum absolute atomic E-state index is 12.8. The van der Waals surface area contributed by atoms with Crippen LogP contribution < -0.4 is 10.1 Å². The lowest BCUT2D eigenvalue weighted by Crippen LogP contribution is -2.41. The number of nitrogens with zero attached hydrogens (tertiary/aromatic N) is 3. The number of hydrogen-bond acceptors (Lipinski definition) is 5. The monoisotopic (exact) mass is 460 g/mol. The molecular formula is C19H23F3N4O4S. The topological polar surface area (TPSA) is 93.5 Å². The van der Waals surface area contributed by atoms with Gasteiger partial charge in [0.25, 0.3) is 10.0 Å². The van der Waals surface area contributed by atoms with Crippen molar-refractivity contribution in [2.24, 2.45) is 5.92 Å². The van der Waals surface area contributed by atoms with Gasteiger partial charge in [-0.3, -0.25) is 4.79 Å². The van der Waals surface area contributed by atoms with Crippen LogP contribution in [-0.4, -0.2) is 47.6 Å². The number of carbonyl (C=O) groups excluding carboxylic acids is 1. The number of hydrogen-bond donors (Lipinski definition) is 1. The third kappa shape index (κ3) is 5.76. The van der Waals surface area contributed by atoms with Crippen molar-refractivity contribution in [2.75, 3.05) is 18.4 Å². The molecule has 8 nitrogen and oxygen atoms in total. The summed E-state index contributed by atoms with van der Waals surface area (Å²) in [6.07, 6.45) is -1.17. The van der Waals surface area contributed by atoms with E-state index in [4.69, 9.17) is 0 Å². The summed E-state index contributed by atoms with van der Waals surface area (Å²) < 4.78 is 69.0. The second-order valence-electron chi connectivity index (χ2n) is 7.49. The van der Waals surface area contributed by atoms with Crippen LogP contribution >= 0.6 is 0 Å². The van der Waals surface area contributed by atoms with Crippen LogP contribution in [0.4, 0.5) is 18.9 Å². The zero-order valence-electron chi connectivity index (χ0n) is 17.0. The zero-order valence-corrected chi connectivity index (χ0v) is 17.8. The Balaban J connectivity index is 1.55. The Bertz CT molecular complexity index is 1010. The summed E-state index contributed by atoms with van der Waals surface area (Å²) in [6.45, 7) is 4.18. The Morgan fingerprint density at radius 1 is 1.19 bits per heavy atom. The first-order valence-corrected chi connectivity index (χ1v) is 11.1. The van der Waals surface area contributed by atoms with Crippen LogP contribution in [0.25, 0.3) is 0 Å². The zero-order chi connectivity index (χ0) is 22.8. The van der Waals surface area contributed by atoms with Crippen LogP contribution in [0.5, 0.6) is 5.75 Å². The first-order chi connectivity index (χ1) is 14.5. The van der Waals surface area contributed by atoms with E-state index in [0.29, 0.717) is 18.5 Å². The van der Waals surface area contributed by atoms with Gasteiger partial charge in [-0.25, -0.2) is 13.4 Å². The second kappa shape index (κ2) is 8.87. The van der Waals surface area contributed by atoms with Crippen LogP contribution in [-0.2, 0) is 14.8 Å². The lowest BCUT2D eigenvalue weighted by atomic mass is 9.97. The third-order valence-electron chi connectivity index (χ3n) is 4.96. The normalized spacial score (nSPS) is 16.5. The molecule has 0 aliphatic carbocycles. The summed E-state index contributed by atoms with van der Waals surface area (Å²) in [5, 5.41) is 2.62. The number of piperidine rings is 1. The Labute approximate surface area is 178 Å². The third-order valence-corrected chi connectivity index (χ3v) is 6.74. The van der Waals surface area contributed by atoms with E-state index >= 15 is 0 Å². The van der Waals surface area contributed by atoms with Gasteiger partial charge < -0.3 is 14.6 Å². The van der Waals surface area contributed by atoms with E-state index in [0.717, 1.165) is 12.1 Å². The number of amides is 1. The van der Waals surface area contributed by atoms with Gasteiger partial charge in [-0.05, 0) is 51.0 Å². The van der Waals surface area contributed by atoms with E-state index < -0.39 is 22.3 Å².